The van der Waals surface area contributed by atoms with Gasteiger partial charge in [0.05, 0.1) is 11.3 Å². The van der Waals surface area contributed by atoms with Gasteiger partial charge in [0, 0.05) is 29.7 Å². The summed E-state index contributed by atoms with van der Waals surface area (Å²) in [7, 11) is 0. The van der Waals surface area contributed by atoms with Crippen LogP contribution in [0.5, 0.6) is 0 Å². The molecule has 0 unspecified atom stereocenters. The molecule has 2 heterocycles. The van der Waals surface area contributed by atoms with Gasteiger partial charge in [0.25, 0.3) is 0 Å². The van der Waals surface area contributed by atoms with E-state index in [1.807, 2.05) is 6.20 Å². The maximum atomic E-state index is 10.1. The van der Waals surface area contributed by atoms with Crippen molar-refractivity contribution in [3.05, 3.63) is 53.2 Å². The van der Waals surface area contributed by atoms with Gasteiger partial charge in [-0.15, -0.1) is 0 Å². The number of hydrogen-bond acceptors (Lipinski definition) is 3. The average Bonchev–Trinajstić information content (AvgIpc) is 3.37. The minimum Gasteiger partial charge on any atom is -0.321 e. The van der Waals surface area contributed by atoms with E-state index in [-0.39, 0.29) is 0 Å². The van der Waals surface area contributed by atoms with E-state index in [2.05, 4.69) is 60.1 Å². The van der Waals surface area contributed by atoms with Crippen molar-refractivity contribution < 1.29 is 0 Å². The Bertz CT molecular complexity index is 1090. The molecule has 2 aliphatic carbocycles. The minimum absolute atomic E-state index is 0.339. The number of hydrogen-bond donors (Lipinski definition) is 1. The van der Waals surface area contributed by atoms with Crippen molar-refractivity contribution in [2.24, 2.45) is 0 Å². The van der Waals surface area contributed by atoms with Crippen LogP contribution in [0.1, 0.15) is 68.7 Å². The van der Waals surface area contributed by atoms with E-state index < -0.39 is 0 Å². The Morgan fingerprint density at radius 3 is 2.55 bits per heavy atom. The van der Waals surface area contributed by atoms with Crippen LogP contribution in [-0.2, 0) is 13.0 Å². The van der Waals surface area contributed by atoms with E-state index in [0.29, 0.717) is 11.6 Å². The van der Waals surface area contributed by atoms with Crippen molar-refractivity contribution >= 4 is 11.0 Å². The molecule has 2 aliphatic rings. The van der Waals surface area contributed by atoms with Crippen molar-refractivity contribution in [3.8, 4) is 17.3 Å². The van der Waals surface area contributed by atoms with Gasteiger partial charge >= 0.3 is 0 Å². The first-order valence-electron chi connectivity index (χ1n) is 10.9. The summed E-state index contributed by atoms with van der Waals surface area (Å²) in [5.74, 6) is 0. The monoisotopic (exact) mass is 384 g/mol. The van der Waals surface area contributed by atoms with Crippen LogP contribution in [-0.4, -0.2) is 15.1 Å². The van der Waals surface area contributed by atoms with Gasteiger partial charge in [0.2, 0.25) is 0 Å². The van der Waals surface area contributed by atoms with Crippen LogP contribution >= 0.6 is 0 Å². The number of aryl methyl sites for hydroxylation is 1. The summed E-state index contributed by atoms with van der Waals surface area (Å²) < 4.78 is 2.34. The summed E-state index contributed by atoms with van der Waals surface area (Å²) in [6.45, 7) is 5.32. The summed E-state index contributed by atoms with van der Waals surface area (Å²) in [6, 6.07) is 13.9. The van der Waals surface area contributed by atoms with Gasteiger partial charge in [0.1, 0.15) is 11.7 Å². The summed E-state index contributed by atoms with van der Waals surface area (Å²) in [6.07, 6.45) is 9.02. The molecule has 2 aromatic heterocycles. The number of pyridine rings is 1. The molecule has 4 heteroatoms. The molecule has 0 amide bonds. The number of nitrogens with one attached hydrogen (secondary N) is 1. The molecular formula is C25H28N4. The van der Waals surface area contributed by atoms with Gasteiger partial charge in [-0.05, 0) is 68.2 Å². The van der Waals surface area contributed by atoms with E-state index in [4.69, 9.17) is 4.98 Å². The second kappa shape index (κ2) is 7.00. The topological polar surface area (TPSA) is 53.6 Å². The van der Waals surface area contributed by atoms with Crippen LogP contribution in [0.2, 0.25) is 0 Å². The van der Waals surface area contributed by atoms with Crippen LogP contribution in [0.4, 0.5) is 0 Å². The third-order valence-electron chi connectivity index (χ3n) is 6.81. The zero-order chi connectivity index (χ0) is 20.0. The van der Waals surface area contributed by atoms with Crippen LogP contribution in [0, 0.1) is 11.3 Å². The van der Waals surface area contributed by atoms with Gasteiger partial charge in [-0.1, -0.05) is 31.2 Å². The van der Waals surface area contributed by atoms with E-state index in [9.17, 15) is 5.26 Å². The highest BCUT2D eigenvalue weighted by Crippen LogP contribution is 2.42. The first-order valence-corrected chi connectivity index (χ1v) is 10.9. The molecular weight excluding hydrogens is 356 g/mol. The zero-order valence-electron chi connectivity index (χ0n) is 17.3. The lowest BCUT2D eigenvalue weighted by atomic mass is 9.92. The Labute approximate surface area is 172 Å². The highest BCUT2D eigenvalue weighted by molar-refractivity contribution is 5.93. The molecule has 29 heavy (non-hydrogen) atoms. The van der Waals surface area contributed by atoms with Crippen molar-refractivity contribution in [2.75, 3.05) is 0 Å². The number of rotatable bonds is 6. The lowest BCUT2D eigenvalue weighted by Gasteiger charge is -2.29. The van der Waals surface area contributed by atoms with Crippen molar-refractivity contribution in [1.29, 1.82) is 5.26 Å². The maximum absolute atomic E-state index is 10.1. The Morgan fingerprint density at radius 2 is 1.97 bits per heavy atom. The molecule has 0 atom stereocenters. The summed E-state index contributed by atoms with van der Waals surface area (Å²) in [4.78, 5) is 4.79. The summed E-state index contributed by atoms with van der Waals surface area (Å²) in [5, 5.41) is 14.7. The molecule has 0 bridgehead atoms. The first-order chi connectivity index (χ1) is 14.1. The molecule has 5 rings (SSSR count). The standard InChI is InChI=1S/C25H28N4/c1-3-17-13-21-22(14-26)23(29(20-5-4-6-20)24(21)27-15-17)19-9-7-18(8-10-19)16-28-25(2)11-12-25/h7-10,13,15,20,28H,3-6,11-12,16H2,1-2H3. The molecule has 0 radical (unpaired) electrons. The third-order valence-corrected chi connectivity index (χ3v) is 6.81. The average molecular weight is 385 g/mol. The lowest BCUT2D eigenvalue weighted by Crippen LogP contribution is -2.26. The van der Waals surface area contributed by atoms with Crippen LogP contribution in [0.25, 0.3) is 22.3 Å². The zero-order valence-corrected chi connectivity index (χ0v) is 17.3. The van der Waals surface area contributed by atoms with Crippen molar-refractivity contribution in [1.82, 2.24) is 14.9 Å². The number of nitrogens with zero attached hydrogens (tertiary/aromatic N) is 3. The highest BCUT2D eigenvalue weighted by atomic mass is 15.1. The molecule has 0 saturated heterocycles. The quantitative estimate of drug-likeness (QED) is 0.610. The van der Waals surface area contributed by atoms with Crippen LogP contribution < -0.4 is 5.32 Å². The summed E-state index contributed by atoms with van der Waals surface area (Å²) in [5.41, 5.74) is 6.70. The predicted octanol–water partition coefficient (Wildman–Crippen LogP) is 5.50. The molecule has 1 N–H and O–H groups in total. The predicted molar refractivity (Wildman–Crippen MR) is 117 cm³/mol. The second-order valence-corrected chi connectivity index (χ2v) is 8.97. The Hall–Kier alpha value is -2.64. The molecule has 4 nitrogen and oxygen atoms in total. The molecule has 0 aliphatic heterocycles. The molecule has 3 aromatic rings. The molecule has 2 saturated carbocycles. The van der Waals surface area contributed by atoms with E-state index in [0.717, 1.165) is 40.8 Å². The Morgan fingerprint density at radius 1 is 1.21 bits per heavy atom. The van der Waals surface area contributed by atoms with Gasteiger partial charge < -0.3 is 9.88 Å². The van der Waals surface area contributed by atoms with Gasteiger partial charge in [-0.25, -0.2) is 4.98 Å². The fourth-order valence-corrected chi connectivity index (χ4v) is 4.28. The summed E-state index contributed by atoms with van der Waals surface area (Å²) >= 11 is 0. The van der Waals surface area contributed by atoms with Crippen molar-refractivity contribution in [3.63, 3.8) is 0 Å². The lowest BCUT2D eigenvalue weighted by molar-refractivity contribution is 0.323. The van der Waals surface area contributed by atoms with Gasteiger partial charge in [-0.3, -0.25) is 0 Å². The number of benzene rings is 1. The molecule has 148 valence electrons. The molecule has 0 spiro atoms. The number of aromatic nitrogens is 2. The highest BCUT2D eigenvalue weighted by Gasteiger charge is 2.36. The Balaban J connectivity index is 1.58. The van der Waals surface area contributed by atoms with Crippen molar-refractivity contribution in [2.45, 2.75) is 70.5 Å². The maximum Gasteiger partial charge on any atom is 0.141 e. The van der Waals surface area contributed by atoms with Crippen LogP contribution in [0.3, 0.4) is 0 Å². The first kappa shape index (κ1) is 18.4. The Kier molecular flexibility index (Phi) is 4.44. The van der Waals surface area contributed by atoms with Crippen LogP contribution in [0.15, 0.2) is 36.5 Å². The van der Waals surface area contributed by atoms with E-state index in [1.54, 1.807) is 0 Å². The number of nitriles is 1. The largest absolute Gasteiger partial charge is 0.321 e. The molecule has 1 aromatic carbocycles. The minimum atomic E-state index is 0.339. The van der Waals surface area contributed by atoms with E-state index in [1.165, 1.54) is 43.2 Å². The van der Waals surface area contributed by atoms with Gasteiger partial charge in [-0.2, -0.15) is 5.26 Å². The smallest absolute Gasteiger partial charge is 0.141 e. The molecule has 2 fully saturated rings. The normalized spacial score (nSPS) is 17.8. The number of fused-ring (bicyclic) bond motifs is 1. The second-order valence-electron chi connectivity index (χ2n) is 8.97. The SMILES string of the molecule is CCc1cnc2c(c1)c(C#N)c(-c1ccc(CNC3(C)CC3)cc1)n2C1CCC1. The fraction of sp³-hybridized carbons (Fsp3) is 0.440. The fourth-order valence-electron chi connectivity index (χ4n) is 4.28. The van der Waals surface area contributed by atoms with Gasteiger partial charge in [0.15, 0.2) is 0 Å². The third kappa shape index (κ3) is 3.24. The van der Waals surface area contributed by atoms with E-state index >= 15 is 0 Å².